The molecule has 0 rings (SSSR count). The maximum absolute atomic E-state index is 11.0. The second-order valence-corrected chi connectivity index (χ2v) is 11.0. The minimum Gasteiger partial charge on any atom is -0.481 e. The molecular weight excluding hydrogens is 448 g/mol. The summed E-state index contributed by atoms with van der Waals surface area (Å²) in [4.78, 5) is 21.5. The molecule has 0 aromatic heterocycles. The van der Waals surface area contributed by atoms with Gasteiger partial charge in [0.25, 0.3) is 0 Å². The van der Waals surface area contributed by atoms with Crippen molar-refractivity contribution < 1.29 is 19.4 Å². The standard InChI is InChI=1S/C32H62O4/c1-36-32(35)30-28-26-24-22-20-18-16-14-12-10-8-6-4-2-3-5-7-9-11-13-15-17-19-21-23-25-27-29-31(33)34/h2-30H2,1H3,(H,33,34). The lowest BCUT2D eigenvalue weighted by atomic mass is 10.0. The molecule has 214 valence electrons. The van der Waals surface area contributed by atoms with Gasteiger partial charge in [-0.25, -0.2) is 0 Å². The van der Waals surface area contributed by atoms with Crippen LogP contribution in [0, 0.1) is 0 Å². The molecule has 0 radical (unpaired) electrons. The van der Waals surface area contributed by atoms with Crippen LogP contribution in [-0.2, 0) is 14.3 Å². The van der Waals surface area contributed by atoms with Gasteiger partial charge in [-0.15, -0.1) is 0 Å². The molecule has 0 spiro atoms. The van der Waals surface area contributed by atoms with Crippen LogP contribution in [0.3, 0.4) is 0 Å². The largest absolute Gasteiger partial charge is 0.481 e. The number of carboxylic acid groups (broad SMARTS) is 1. The number of carbonyl (C=O) groups excluding carboxylic acids is 1. The second-order valence-electron chi connectivity index (χ2n) is 11.0. The molecule has 0 heterocycles. The van der Waals surface area contributed by atoms with Crippen LogP contribution in [0.4, 0.5) is 0 Å². The molecule has 0 unspecified atom stereocenters. The van der Waals surface area contributed by atoms with Crippen molar-refractivity contribution in [1.29, 1.82) is 0 Å². The van der Waals surface area contributed by atoms with Gasteiger partial charge in [0.1, 0.15) is 0 Å². The zero-order chi connectivity index (χ0) is 26.4. The van der Waals surface area contributed by atoms with Gasteiger partial charge >= 0.3 is 11.9 Å². The number of hydrogen-bond acceptors (Lipinski definition) is 3. The Balaban J connectivity index is 3.04. The summed E-state index contributed by atoms with van der Waals surface area (Å²) in [5.41, 5.74) is 0. The van der Waals surface area contributed by atoms with Crippen LogP contribution >= 0.6 is 0 Å². The van der Waals surface area contributed by atoms with Gasteiger partial charge in [0.15, 0.2) is 0 Å². The minimum atomic E-state index is -0.655. The van der Waals surface area contributed by atoms with Crippen molar-refractivity contribution >= 4 is 11.9 Å². The van der Waals surface area contributed by atoms with Crippen molar-refractivity contribution in [2.24, 2.45) is 0 Å². The SMILES string of the molecule is COC(=O)CCCCCCCCCCCCCCCCCCCCCCCCCCCCCC(=O)O. The second kappa shape index (κ2) is 30.2. The quantitative estimate of drug-likeness (QED) is 0.0770. The summed E-state index contributed by atoms with van der Waals surface area (Å²) in [5, 5.41) is 8.62. The fraction of sp³-hybridized carbons (Fsp3) is 0.938. The Morgan fingerprint density at radius 1 is 0.389 bits per heavy atom. The Labute approximate surface area is 224 Å². The normalized spacial score (nSPS) is 11.1. The number of carboxylic acids is 1. The molecule has 0 aromatic carbocycles. The summed E-state index contributed by atoms with van der Waals surface area (Å²) in [6.45, 7) is 0. The van der Waals surface area contributed by atoms with Gasteiger partial charge in [0.05, 0.1) is 7.11 Å². The van der Waals surface area contributed by atoms with E-state index in [0.717, 1.165) is 25.7 Å². The van der Waals surface area contributed by atoms with Gasteiger partial charge in [-0.3, -0.25) is 9.59 Å². The first-order chi connectivity index (χ1) is 17.7. The monoisotopic (exact) mass is 510 g/mol. The molecule has 0 amide bonds. The Kier molecular flexibility index (Phi) is 29.3. The lowest BCUT2D eigenvalue weighted by Crippen LogP contribution is -1.99. The molecule has 0 bridgehead atoms. The summed E-state index contributed by atoms with van der Waals surface area (Å²) < 4.78 is 4.67. The molecular formula is C32H62O4. The highest BCUT2D eigenvalue weighted by Gasteiger charge is 2.00. The van der Waals surface area contributed by atoms with E-state index in [4.69, 9.17) is 5.11 Å². The van der Waals surface area contributed by atoms with E-state index in [1.807, 2.05) is 0 Å². The molecule has 36 heavy (non-hydrogen) atoms. The van der Waals surface area contributed by atoms with Crippen molar-refractivity contribution in [2.45, 2.75) is 186 Å². The van der Waals surface area contributed by atoms with Crippen molar-refractivity contribution in [2.75, 3.05) is 7.11 Å². The van der Waals surface area contributed by atoms with E-state index in [2.05, 4.69) is 4.74 Å². The smallest absolute Gasteiger partial charge is 0.305 e. The zero-order valence-electron chi connectivity index (χ0n) is 24.2. The number of methoxy groups -OCH3 is 1. The van der Waals surface area contributed by atoms with Crippen LogP contribution in [0.25, 0.3) is 0 Å². The van der Waals surface area contributed by atoms with Gasteiger partial charge in [0, 0.05) is 12.8 Å². The number of hydrogen-bond donors (Lipinski definition) is 1. The van der Waals surface area contributed by atoms with Crippen LogP contribution < -0.4 is 0 Å². The van der Waals surface area contributed by atoms with E-state index >= 15 is 0 Å². The first-order valence-electron chi connectivity index (χ1n) is 16.0. The van der Waals surface area contributed by atoms with Crippen LogP contribution in [0.15, 0.2) is 0 Å². The summed E-state index contributed by atoms with van der Waals surface area (Å²) in [6.07, 6.45) is 36.8. The van der Waals surface area contributed by atoms with E-state index in [-0.39, 0.29) is 5.97 Å². The molecule has 1 N–H and O–H groups in total. The van der Waals surface area contributed by atoms with Crippen LogP contribution in [0.2, 0.25) is 0 Å². The fourth-order valence-electron chi connectivity index (χ4n) is 5.07. The number of ether oxygens (including phenoxy) is 1. The lowest BCUT2D eigenvalue weighted by molar-refractivity contribution is -0.141. The topological polar surface area (TPSA) is 63.6 Å². The van der Waals surface area contributed by atoms with E-state index in [1.54, 1.807) is 0 Å². The maximum Gasteiger partial charge on any atom is 0.305 e. The first kappa shape index (κ1) is 34.9. The minimum absolute atomic E-state index is 0.0695. The van der Waals surface area contributed by atoms with Gasteiger partial charge in [-0.2, -0.15) is 0 Å². The molecule has 0 aliphatic carbocycles. The first-order valence-corrected chi connectivity index (χ1v) is 16.0. The van der Waals surface area contributed by atoms with Gasteiger partial charge in [-0.1, -0.05) is 161 Å². The number of unbranched alkanes of at least 4 members (excludes halogenated alkanes) is 26. The van der Waals surface area contributed by atoms with E-state index in [0.29, 0.717) is 12.8 Å². The predicted molar refractivity (Wildman–Crippen MR) is 154 cm³/mol. The maximum atomic E-state index is 11.0. The number of aliphatic carboxylic acids is 1. The molecule has 4 nitrogen and oxygen atoms in total. The van der Waals surface area contributed by atoms with Crippen LogP contribution in [0.1, 0.15) is 186 Å². The Bertz CT molecular complexity index is 463. The summed E-state index contributed by atoms with van der Waals surface area (Å²) in [6, 6.07) is 0. The van der Waals surface area contributed by atoms with Crippen molar-refractivity contribution in [3.63, 3.8) is 0 Å². The molecule has 0 aliphatic rings. The zero-order valence-corrected chi connectivity index (χ0v) is 24.2. The molecule has 0 fully saturated rings. The summed E-state index contributed by atoms with van der Waals surface area (Å²) in [7, 11) is 1.47. The van der Waals surface area contributed by atoms with Crippen molar-refractivity contribution in [3.05, 3.63) is 0 Å². The Hall–Kier alpha value is -1.06. The highest BCUT2D eigenvalue weighted by Crippen LogP contribution is 2.16. The Morgan fingerprint density at radius 2 is 0.583 bits per heavy atom. The van der Waals surface area contributed by atoms with Gasteiger partial charge in [-0.05, 0) is 12.8 Å². The van der Waals surface area contributed by atoms with Crippen LogP contribution in [-0.4, -0.2) is 24.2 Å². The summed E-state index contributed by atoms with van der Waals surface area (Å²) >= 11 is 0. The third-order valence-electron chi connectivity index (χ3n) is 7.50. The number of carbonyl (C=O) groups is 2. The molecule has 0 saturated heterocycles. The average molecular weight is 511 g/mol. The lowest BCUT2D eigenvalue weighted by Gasteiger charge is -2.04. The molecule has 0 aromatic rings. The molecule has 0 saturated carbocycles. The molecule has 4 heteroatoms. The molecule has 0 aliphatic heterocycles. The summed E-state index contributed by atoms with van der Waals surface area (Å²) in [5.74, 6) is -0.725. The van der Waals surface area contributed by atoms with Crippen LogP contribution in [0.5, 0.6) is 0 Å². The van der Waals surface area contributed by atoms with Gasteiger partial charge < -0.3 is 9.84 Å². The highest BCUT2D eigenvalue weighted by molar-refractivity contribution is 5.69. The highest BCUT2D eigenvalue weighted by atomic mass is 16.5. The predicted octanol–water partition coefficient (Wildman–Crippen LogP) is 10.6. The average Bonchev–Trinajstić information content (AvgIpc) is 2.87. The van der Waals surface area contributed by atoms with E-state index in [1.165, 1.54) is 155 Å². The Morgan fingerprint density at radius 3 is 0.778 bits per heavy atom. The number of rotatable bonds is 30. The third-order valence-corrected chi connectivity index (χ3v) is 7.50. The van der Waals surface area contributed by atoms with E-state index < -0.39 is 5.97 Å². The third kappa shape index (κ3) is 31.0. The molecule has 0 atom stereocenters. The van der Waals surface area contributed by atoms with Gasteiger partial charge in [0.2, 0.25) is 0 Å². The van der Waals surface area contributed by atoms with Crippen molar-refractivity contribution in [3.8, 4) is 0 Å². The van der Waals surface area contributed by atoms with Crippen molar-refractivity contribution in [1.82, 2.24) is 0 Å². The fourth-order valence-corrected chi connectivity index (χ4v) is 5.07. The van der Waals surface area contributed by atoms with E-state index in [9.17, 15) is 9.59 Å². The number of esters is 1.